The molecule has 0 saturated carbocycles. The minimum absolute atomic E-state index is 0.0166. The number of aromatic nitrogens is 2. The predicted octanol–water partition coefficient (Wildman–Crippen LogP) is 3.15. The maximum absolute atomic E-state index is 9.67. The number of rotatable bonds is 4. The quantitative estimate of drug-likeness (QED) is 0.796. The highest BCUT2D eigenvalue weighted by Gasteiger charge is 2.22. The van der Waals surface area contributed by atoms with Crippen LogP contribution in [0.4, 0.5) is 0 Å². The molecule has 0 radical (unpaired) electrons. The summed E-state index contributed by atoms with van der Waals surface area (Å²) in [5.74, 6) is 0.278. The summed E-state index contributed by atoms with van der Waals surface area (Å²) in [7, 11) is 0. The molecule has 4 rings (SSSR count). The Morgan fingerprint density at radius 2 is 1.96 bits per heavy atom. The van der Waals surface area contributed by atoms with Gasteiger partial charge in [0.2, 0.25) is 0 Å². The molecule has 0 bridgehead atoms. The zero-order valence-electron chi connectivity index (χ0n) is 14.0. The van der Waals surface area contributed by atoms with Crippen molar-refractivity contribution in [1.82, 2.24) is 14.7 Å². The van der Waals surface area contributed by atoms with Gasteiger partial charge in [-0.15, -0.1) is 0 Å². The second-order valence-corrected chi connectivity index (χ2v) is 6.28. The van der Waals surface area contributed by atoms with Crippen molar-refractivity contribution in [3.63, 3.8) is 0 Å². The predicted molar refractivity (Wildman–Crippen MR) is 95.6 cm³/mol. The van der Waals surface area contributed by atoms with Gasteiger partial charge in [-0.05, 0) is 35.9 Å². The third-order valence-electron chi connectivity index (χ3n) is 4.44. The van der Waals surface area contributed by atoms with Gasteiger partial charge in [-0.25, -0.2) is 4.68 Å². The van der Waals surface area contributed by atoms with Crippen molar-refractivity contribution in [2.75, 3.05) is 19.7 Å². The lowest BCUT2D eigenvalue weighted by molar-refractivity contribution is -0.0333. The van der Waals surface area contributed by atoms with Crippen molar-refractivity contribution in [2.24, 2.45) is 0 Å². The first-order chi connectivity index (χ1) is 12.3. The number of morpholine rings is 1. The lowest BCUT2D eigenvalue weighted by Crippen LogP contribution is -2.37. The molecule has 1 aliphatic rings. The molecule has 5 nitrogen and oxygen atoms in total. The summed E-state index contributed by atoms with van der Waals surface area (Å²) in [4.78, 5) is 2.34. The van der Waals surface area contributed by atoms with Crippen molar-refractivity contribution in [3.8, 4) is 11.4 Å². The number of benzene rings is 2. The minimum Gasteiger partial charge on any atom is -0.508 e. The van der Waals surface area contributed by atoms with Crippen LogP contribution in [0.1, 0.15) is 17.4 Å². The van der Waals surface area contributed by atoms with Gasteiger partial charge in [0.25, 0.3) is 0 Å². The average molecular weight is 335 g/mol. The highest BCUT2D eigenvalue weighted by molar-refractivity contribution is 5.31. The van der Waals surface area contributed by atoms with Crippen molar-refractivity contribution in [3.05, 3.63) is 78.1 Å². The van der Waals surface area contributed by atoms with Crippen LogP contribution in [0, 0.1) is 0 Å². The Morgan fingerprint density at radius 1 is 1.08 bits per heavy atom. The van der Waals surface area contributed by atoms with Gasteiger partial charge < -0.3 is 9.84 Å². The minimum atomic E-state index is -0.0166. The van der Waals surface area contributed by atoms with E-state index in [0.29, 0.717) is 6.61 Å². The van der Waals surface area contributed by atoms with Crippen molar-refractivity contribution in [1.29, 1.82) is 0 Å². The second kappa shape index (κ2) is 7.09. The summed E-state index contributed by atoms with van der Waals surface area (Å²) in [6.07, 6.45) is 1.98. The first kappa shape index (κ1) is 15.9. The fraction of sp³-hybridized carbons (Fsp3) is 0.250. The van der Waals surface area contributed by atoms with E-state index in [9.17, 15) is 5.11 Å². The molecule has 3 aromatic rings. The van der Waals surface area contributed by atoms with Crippen molar-refractivity contribution < 1.29 is 9.84 Å². The van der Waals surface area contributed by atoms with E-state index in [1.165, 1.54) is 0 Å². The van der Waals surface area contributed by atoms with E-state index in [4.69, 9.17) is 4.74 Å². The number of aromatic hydroxyl groups is 1. The van der Waals surface area contributed by atoms with E-state index in [0.717, 1.165) is 36.6 Å². The Bertz CT molecular complexity index is 832. The van der Waals surface area contributed by atoms with E-state index in [2.05, 4.69) is 16.1 Å². The van der Waals surface area contributed by atoms with Gasteiger partial charge in [-0.2, -0.15) is 5.10 Å². The Labute approximate surface area is 147 Å². The fourth-order valence-electron chi connectivity index (χ4n) is 3.17. The summed E-state index contributed by atoms with van der Waals surface area (Å²) in [5, 5.41) is 14.4. The second-order valence-electron chi connectivity index (χ2n) is 6.28. The van der Waals surface area contributed by atoms with Crippen LogP contribution in [-0.2, 0) is 11.3 Å². The SMILES string of the molecule is Oc1cccc([C@@H]2CN(Cc3ccn(-c4ccccc4)n3)CCO2)c1. The molecule has 2 aromatic carbocycles. The molecule has 0 aliphatic carbocycles. The number of hydrogen-bond donors (Lipinski definition) is 1. The molecular formula is C20H21N3O2. The summed E-state index contributed by atoms with van der Waals surface area (Å²) in [5.41, 5.74) is 3.12. The monoisotopic (exact) mass is 335 g/mol. The topological polar surface area (TPSA) is 50.5 Å². The summed E-state index contributed by atoms with van der Waals surface area (Å²) in [6, 6.07) is 19.5. The van der Waals surface area contributed by atoms with Crippen LogP contribution in [0.3, 0.4) is 0 Å². The van der Waals surface area contributed by atoms with Gasteiger partial charge >= 0.3 is 0 Å². The van der Waals surface area contributed by atoms with Gasteiger partial charge in [0.1, 0.15) is 5.75 Å². The molecule has 2 heterocycles. The third-order valence-corrected chi connectivity index (χ3v) is 4.44. The largest absolute Gasteiger partial charge is 0.508 e. The number of hydrogen-bond acceptors (Lipinski definition) is 4. The number of phenols is 1. The Balaban J connectivity index is 1.43. The normalized spacial score (nSPS) is 18.3. The Kier molecular flexibility index (Phi) is 4.50. The third kappa shape index (κ3) is 3.73. The van der Waals surface area contributed by atoms with Gasteiger partial charge in [0, 0.05) is 25.8 Å². The van der Waals surface area contributed by atoms with Crippen LogP contribution in [0.25, 0.3) is 5.69 Å². The maximum atomic E-state index is 9.67. The number of ether oxygens (including phenoxy) is 1. The van der Waals surface area contributed by atoms with E-state index in [-0.39, 0.29) is 11.9 Å². The van der Waals surface area contributed by atoms with E-state index >= 15 is 0 Å². The smallest absolute Gasteiger partial charge is 0.115 e. The van der Waals surface area contributed by atoms with Crippen LogP contribution in [0.2, 0.25) is 0 Å². The van der Waals surface area contributed by atoms with Gasteiger partial charge in [0.15, 0.2) is 0 Å². The highest BCUT2D eigenvalue weighted by atomic mass is 16.5. The lowest BCUT2D eigenvalue weighted by atomic mass is 10.1. The lowest BCUT2D eigenvalue weighted by Gasteiger charge is -2.32. The molecule has 5 heteroatoms. The van der Waals surface area contributed by atoms with Gasteiger partial charge in [0.05, 0.1) is 24.1 Å². The van der Waals surface area contributed by atoms with Gasteiger partial charge in [-0.3, -0.25) is 4.90 Å². The average Bonchev–Trinajstić information content (AvgIpc) is 3.11. The number of para-hydroxylation sites is 1. The van der Waals surface area contributed by atoms with Crippen molar-refractivity contribution in [2.45, 2.75) is 12.6 Å². The fourth-order valence-corrected chi connectivity index (χ4v) is 3.17. The maximum Gasteiger partial charge on any atom is 0.115 e. The molecule has 128 valence electrons. The molecule has 1 atom stereocenters. The summed E-state index contributed by atoms with van der Waals surface area (Å²) >= 11 is 0. The van der Waals surface area contributed by atoms with E-state index in [1.54, 1.807) is 12.1 Å². The number of phenolic OH excluding ortho intramolecular Hbond substituents is 1. The van der Waals surface area contributed by atoms with Crippen LogP contribution < -0.4 is 0 Å². The zero-order chi connectivity index (χ0) is 17.1. The van der Waals surface area contributed by atoms with Crippen LogP contribution in [0.5, 0.6) is 5.75 Å². The molecule has 0 spiro atoms. The van der Waals surface area contributed by atoms with Crippen molar-refractivity contribution >= 4 is 0 Å². The van der Waals surface area contributed by atoms with E-state index in [1.807, 2.05) is 53.3 Å². The highest BCUT2D eigenvalue weighted by Crippen LogP contribution is 2.25. The molecule has 1 aliphatic heterocycles. The Morgan fingerprint density at radius 3 is 2.80 bits per heavy atom. The van der Waals surface area contributed by atoms with E-state index < -0.39 is 0 Å². The van der Waals surface area contributed by atoms with Crippen LogP contribution in [-0.4, -0.2) is 39.5 Å². The first-order valence-electron chi connectivity index (χ1n) is 8.51. The van der Waals surface area contributed by atoms with Crippen LogP contribution >= 0.6 is 0 Å². The number of nitrogens with zero attached hydrogens (tertiary/aromatic N) is 3. The summed E-state index contributed by atoms with van der Waals surface area (Å²) in [6.45, 7) is 3.15. The molecule has 0 amide bonds. The molecule has 1 fully saturated rings. The summed E-state index contributed by atoms with van der Waals surface area (Å²) < 4.78 is 7.79. The van der Waals surface area contributed by atoms with Crippen LogP contribution in [0.15, 0.2) is 66.9 Å². The molecule has 25 heavy (non-hydrogen) atoms. The standard InChI is InChI=1S/C20H21N3O2/c24-19-8-4-5-16(13-19)20-15-22(11-12-25-20)14-17-9-10-23(21-17)18-6-2-1-3-7-18/h1-10,13,20,24H,11-12,14-15H2/t20-/m0/s1. The molecule has 1 N–H and O–H groups in total. The first-order valence-corrected chi connectivity index (χ1v) is 8.51. The molecule has 1 saturated heterocycles. The Hall–Kier alpha value is -2.63. The molecule has 1 aromatic heterocycles. The molecular weight excluding hydrogens is 314 g/mol. The van der Waals surface area contributed by atoms with Gasteiger partial charge in [-0.1, -0.05) is 30.3 Å². The zero-order valence-corrected chi connectivity index (χ0v) is 14.0. The molecule has 0 unspecified atom stereocenters.